The number of allylic oxidation sites excluding steroid dienone is 6. The van der Waals surface area contributed by atoms with Gasteiger partial charge in [-0.2, -0.15) is 0 Å². The summed E-state index contributed by atoms with van der Waals surface area (Å²) in [5.74, 6) is 0.0831. The van der Waals surface area contributed by atoms with Crippen LogP contribution in [0.3, 0.4) is 0 Å². The molecule has 0 bridgehead atoms. The fourth-order valence-corrected chi connectivity index (χ4v) is 3.30. The molecule has 2 aliphatic rings. The van der Waals surface area contributed by atoms with Crippen molar-refractivity contribution >= 4 is 11.4 Å². The maximum atomic E-state index is 12.9. The van der Waals surface area contributed by atoms with E-state index in [0.29, 0.717) is 0 Å². The molecule has 0 amide bonds. The Bertz CT molecular complexity index is 735. The fourth-order valence-electron chi connectivity index (χ4n) is 3.30. The highest BCUT2D eigenvalue weighted by Gasteiger charge is 2.32. The molecule has 3 rings (SSSR count). The molecule has 106 valence electrons. The van der Waals surface area contributed by atoms with E-state index in [1.165, 1.54) is 17.6 Å². The summed E-state index contributed by atoms with van der Waals surface area (Å²) in [6, 6.07) is 5.98. The lowest BCUT2D eigenvalue weighted by Gasteiger charge is -2.30. The van der Waals surface area contributed by atoms with E-state index in [4.69, 9.17) is 0 Å². The average molecular weight is 276 g/mol. The standard InChI is InChI=1S/C20H20O/c1-5-15-17(12(2)3)20(21)16-11-6-8-13(4)18(16)19(15)14-9-7-10-14/h5-6,8,11H,1-2,7,9-10H2,3-4H3. The summed E-state index contributed by atoms with van der Waals surface area (Å²) in [5.41, 5.74) is 8.30. The van der Waals surface area contributed by atoms with Gasteiger partial charge in [0.05, 0.1) is 0 Å². The molecule has 1 fully saturated rings. The molecular weight excluding hydrogens is 256 g/mol. The molecule has 0 radical (unpaired) electrons. The Kier molecular flexibility index (Phi) is 3.29. The van der Waals surface area contributed by atoms with Gasteiger partial charge in [0.15, 0.2) is 5.78 Å². The molecule has 1 aromatic carbocycles. The van der Waals surface area contributed by atoms with Crippen LogP contribution in [-0.2, 0) is 0 Å². The molecule has 0 aliphatic heterocycles. The van der Waals surface area contributed by atoms with E-state index in [1.54, 1.807) is 0 Å². The highest BCUT2D eigenvalue weighted by Crippen LogP contribution is 2.45. The molecule has 1 nitrogen and oxygen atoms in total. The quantitative estimate of drug-likeness (QED) is 0.726. The molecule has 1 aromatic rings. The molecule has 0 N–H and O–H groups in total. The van der Waals surface area contributed by atoms with Gasteiger partial charge in [-0.1, -0.05) is 43.0 Å². The van der Waals surface area contributed by atoms with Crippen molar-refractivity contribution in [3.8, 4) is 0 Å². The van der Waals surface area contributed by atoms with Crippen LogP contribution < -0.4 is 0 Å². The molecular formula is C20H20O. The van der Waals surface area contributed by atoms with Gasteiger partial charge in [0.1, 0.15) is 0 Å². The van der Waals surface area contributed by atoms with Crippen molar-refractivity contribution in [1.29, 1.82) is 0 Å². The van der Waals surface area contributed by atoms with Crippen molar-refractivity contribution < 1.29 is 4.79 Å². The second kappa shape index (κ2) is 5.00. The third kappa shape index (κ3) is 1.96. The number of hydrogen-bond donors (Lipinski definition) is 0. The summed E-state index contributed by atoms with van der Waals surface area (Å²) in [7, 11) is 0. The molecule has 0 spiro atoms. The van der Waals surface area contributed by atoms with Crippen molar-refractivity contribution in [2.45, 2.75) is 33.1 Å². The molecule has 0 unspecified atom stereocenters. The highest BCUT2D eigenvalue weighted by molar-refractivity contribution is 6.20. The van der Waals surface area contributed by atoms with E-state index in [1.807, 2.05) is 25.1 Å². The zero-order valence-electron chi connectivity index (χ0n) is 12.8. The number of rotatable bonds is 2. The topological polar surface area (TPSA) is 17.1 Å². The Hall–Kier alpha value is -2.15. The zero-order valence-corrected chi connectivity index (χ0v) is 12.8. The Morgan fingerprint density at radius 3 is 2.52 bits per heavy atom. The van der Waals surface area contributed by atoms with Crippen molar-refractivity contribution in [3.63, 3.8) is 0 Å². The number of fused-ring (bicyclic) bond motifs is 1. The third-order valence-electron chi connectivity index (χ3n) is 4.47. The van der Waals surface area contributed by atoms with Gasteiger partial charge in [-0.15, -0.1) is 0 Å². The van der Waals surface area contributed by atoms with Gasteiger partial charge in [0.2, 0.25) is 0 Å². The van der Waals surface area contributed by atoms with Gasteiger partial charge in [0.25, 0.3) is 0 Å². The summed E-state index contributed by atoms with van der Waals surface area (Å²) >= 11 is 0. The van der Waals surface area contributed by atoms with Crippen LogP contribution in [0.15, 0.2) is 59.7 Å². The molecule has 0 atom stereocenters. The number of carbonyl (C=O) groups is 1. The minimum atomic E-state index is 0.0831. The van der Waals surface area contributed by atoms with Crippen LogP contribution >= 0.6 is 0 Å². The Morgan fingerprint density at radius 2 is 2.00 bits per heavy atom. The van der Waals surface area contributed by atoms with Crippen LogP contribution in [0.2, 0.25) is 0 Å². The number of carbonyl (C=O) groups excluding carboxylic acids is 1. The predicted molar refractivity (Wildman–Crippen MR) is 88.3 cm³/mol. The lowest BCUT2D eigenvalue weighted by molar-refractivity contribution is 0.103. The first kappa shape index (κ1) is 13.8. The zero-order chi connectivity index (χ0) is 15.1. The first-order chi connectivity index (χ1) is 10.1. The van der Waals surface area contributed by atoms with E-state index in [0.717, 1.165) is 46.3 Å². The molecule has 0 saturated heterocycles. The maximum Gasteiger partial charge on any atom is 0.194 e. The van der Waals surface area contributed by atoms with E-state index in [-0.39, 0.29) is 5.78 Å². The lowest BCUT2D eigenvalue weighted by Crippen LogP contribution is -2.19. The molecule has 2 aliphatic carbocycles. The second-order valence-electron chi connectivity index (χ2n) is 5.93. The number of Topliss-reactive ketones (excluding diaryl/α,β-unsaturated/α-hetero) is 1. The van der Waals surface area contributed by atoms with E-state index in [2.05, 4.69) is 26.1 Å². The van der Waals surface area contributed by atoms with Crippen LogP contribution in [0.5, 0.6) is 0 Å². The van der Waals surface area contributed by atoms with Crippen LogP contribution in [-0.4, -0.2) is 5.78 Å². The largest absolute Gasteiger partial charge is 0.289 e. The SMILES string of the molecule is C=CC1=C(C(=C)C)C(=O)c2cccc(C)c2C1=C1CCC1. The summed E-state index contributed by atoms with van der Waals surface area (Å²) < 4.78 is 0. The van der Waals surface area contributed by atoms with Crippen molar-refractivity contribution in [3.05, 3.63) is 76.4 Å². The van der Waals surface area contributed by atoms with Gasteiger partial charge >= 0.3 is 0 Å². The summed E-state index contributed by atoms with van der Waals surface area (Å²) in [5, 5.41) is 0. The third-order valence-corrected chi connectivity index (χ3v) is 4.47. The van der Waals surface area contributed by atoms with Crippen LogP contribution in [0.25, 0.3) is 5.57 Å². The van der Waals surface area contributed by atoms with E-state index in [9.17, 15) is 4.79 Å². The highest BCUT2D eigenvalue weighted by atomic mass is 16.1. The van der Waals surface area contributed by atoms with E-state index < -0.39 is 0 Å². The lowest BCUT2D eigenvalue weighted by atomic mass is 9.72. The van der Waals surface area contributed by atoms with Gasteiger partial charge in [-0.25, -0.2) is 0 Å². The number of hydrogen-bond acceptors (Lipinski definition) is 1. The molecule has 0 heterocycles. The number of aryl methyl sites for hydroxylation is 1. The normalized spacial score (nSPS) is 17.5. The van der Waals surface area contributed by atoms with Crippen LogP contribution in [0, 0.1) is 6.92 Å². The van der Waals surface area contributed by atoms with Gasteiger partial charge in [-0.3, -0.25) is 4.79 Å². The molecule has 21 heavy (non-hydrogen) atoms. The Morgan fingerprint density at radius 1 is 1.29 bits per heavy atom. The maximum absolute atomic E-state index is 12.9. The smallest absolute Gasteiger partial charge is 0.194 e. The van der Waals surface area contributed by atoms with Crippen molar-refractivity contribution in [1.82, 2.24) is 0 Å². The number of benzene rings is 1. The van der Waals surface area contributed by atoms with E-state index >= 15 is 0 Å². The molecule has 1 heteroatoms. The Balaban J connectivity index is 2.41. The summed E-state index contributed by atoms with van der Waals surface area (Å²) in [6.07, 6.45) is 5.31. The molecule has 0 aromatic heterocycles. The summed E-state index contributed by atoms with van der Waals surface area (Å²) in [4.78, 5) is 12.9. The second-order valence-corrected chi connectivity index (χ2v) is 5.93. The van der Waals surface area contributed by atoms with Gasteiger partial charge < -0.3 is 0 Å². The minimum absolute atomic E-state index is 0.0831. The van der Waals surface area contributed by atoms with Crippen molar-refractivity contribution in [2.24, 2.45) is 0 Å². The fraction of sp³-hybridized carbons (Fsp3) is 0.250. The van der Waals surface area contributed by atoms with Gasteiger partial charge in [0, 0.05) is 11.1 Å². The average Bonchev–Trinajstić information content (AvgIpc) is 2.39. The van der Waals surface area contributed by atoms with Crippen molar-refractivity contribution in [2.75, 3.05) is 0 Å². The van der Waals surface area contributed by atoms with Gasteiger partial charge in [-0.05, 0) is 61.0 Å². The van der Waals surface area contributed by atoms with Crippen LogP contribution in [0.1, 0.15) is 47.7 Å². The Labute approximate surface area is 126 Å². The molecule has 1 saturated carbocycles. The first-order valence-corrected chi connectivity index (χ1v) is 7.46. The summed E-state index contributed by atoms with van der Waals surface area (Å²) in [6.45, 7) is 12.0. The predicted octanol–water partition coefficient (Wildman–Crippen LogP) is 5.19. The van der Waals surface area contributed by atoms with Crippen LogP contribution in [0.4, 0.5) is 0 Å². The number of ketones is 1. The first-order valence-electron chi connectivity index (χ1n) is 7.46. The minimum Gasteiger partial charge on any atom is -0.289 e. The monoisotopic (exact) mass is 276 g/mol.